The van der Waals surface area contributed by atoms with Gasteiger partial charge < -0.3 is 10.6 Å². The first-order valence-corrected chi connectivity index (χ1v) is 8.64. The molecule has 1 amide bonds. The smallest absolute Gasteiger partial charge is 0.226 e. The monoisotopic (exact) mass is 309 g/mol. The first-order chi connectivity index (χ1) is 9.89. The summed E-state index contributed by atoms with van der Waals surface area (Å²) in [4.78, 5) is 17.7. The minimum atomic E-state index is -0.253. The standard InChI is InChI=1S/C16H27N3OS/c1-16(2,15(17)21)19-7-5-18(6-8-19)14(20)13-10-11-3-4-12(13)9-11/h11-13H,3-10H2,1-2H3,(H2,17,21). The summed E-state index contributed by atoms with van der Waals surface area (Å²) in [6, 6.07) is 0. The lowest BCUT2D eigenvalue weighted by molar-refractivity contribution is -0.139. The van der Waals surface area contributed by atoms with E-state index in [-0.39, 0.29) is 5.54 Å². The molecule has 0 spiro atoms. The van der Waals surface area contributed by atoms with Crippen LogP contribution in [0, 0.1) is 17.8 Å². The fourth-order valence-corrected chi connectivity index (χ4v) is 4.55. The average Bonchev–Trinajstić information content (AvgIpc) is 3.09. The molecule has 1 heterocycles. The highest BCUT2D eigenvalue weighted by Gasteiger charge is 2.45. The van der Waals surface area contributed by atoms with Crippen LogP contribution in [0.2, 0.25) is 0 Å². The first-order valence-electron chi connectivity index (χ1n) is 8.23. The van der Waals surface area contributed by atoms with E-state index in [1.807, 2.05) is 0 Å². The summed E-state index contributed by atoms with van der Waals surface area (Å²) in [6.45, 7) is 7.52. The number of carbonyl (C=O) groups is 1. The second-order valence-corrected chi connectivity index (χ2v) is 7.96. The Balaban J connectivity index is 1.56. The van der Waals surface area contributed by atoms with Gasteiger partial charge in [-0.05, 0) is 44.9 Å². The molecule has 2 bridgehead atoms. The molecule has 5 heteroatoms. The molecule has 3 unspecified atom stereocenters. The molecule has 0 aromatic heterocycles. The Morgan fingerprint density at radius 3 is 2.29 bits per heavy atom. The van der Waals surface area contributed by atoms with Crippen LogP contribution in [0.25, 0.3) is 0 Å². The Morgan fingerprint density at radius 1 is 1.14 bits per heavy atom. The second kappa shape index (κ2) is 5.51. The highest BCUT2D eigenvalue weighted by Crippen LogP contribution is 2.48. The fourth-order valence-electron chi connectivity index (χ4n) is 4.42. The molecule has 3 rings (SSSR count). The molecule has 3 atom stereocenters. The predicted octanol–water partition coefficient (Wildman–Crippen LogP) is 1.63. The van der Waals surface area contributed by atoms with Crippen molar-refractivity contribution in [2.24, 2.45) is 23.5 Å². The largest absolute Gasteiger partial charge is 0.392 e. The van der Waals surface area contributed by atoms with Gasteiger partial charge in [0, 0.05) is 32.1 Å². The summed E-state index contributed by atoms with van der Waals surface area (Å²) < 4.78 is 0. The molecule has 4 nitrogen and oxygen atoms in total. The van der Waals surface area contributed by atoms with E-state index in [1.165, 1.54) is 19.3 Å². The third kappa shape index (κ3) is 2.70. The lowest BCUT2D eigenvalue weighted by Crippen LogP contribution is -2.60. The zero-order valence-electron chi connectivity index (χ0n) is 13.2. The maximum absolute atomic E-state index is 12.7. The number of hydrogen-bond acceptors (Lipinski definition) is 3. The van der Waals surface area contributed by atoms with Crippen LogP contribution in [0.1, 0.15) is 39.5 Å². The summed E-state index contributed by atoms with van der Waals surface area (Å²) in [5.74, 6) is 2.24. The first kappa shape index (κ1) is 15.2. The van der Waals surface area contributed by atoms with Crippen LogP contribution in [-0.4, -0.2) is 52.4 Å². The van der Waals surface area contributed by atoms with Gasteiger partial charge in [0.15, 0.2) is 0 Å². The van der Waals surface area contributed by atoms with E-state index in [0.29, 0.717) is 22.7 Å². The van der Waals surface area contributed by atoms with Gasteiger partial charge in [-0.15, -0.1) is 0 Å². The Hall–Kier alpha value is -0.680. The molecule has 2 N–H and O–H groups in total. The van der Waals surface area contributed by atoms with Gasteiger partial charge in [-0.3, -0.25) is 9.69 Å². The van der Waals surface area contributed by atoms with E-state index >= 15 is 0 Å². The van der Waals surface area contributed by atoms with Crippen molar-refractivity contribution in [1.82, 2.24) is 9.80 Å². The zero-order valence-corrected chi connectivity index (χ0v) is 14.0. The highest BCUT2D eigenvalue weighted by atomic mass is 32.1. The second-order valence-electron chi connectivity index (χ2n) is 7.52. The average molecular weight is 309 g/mol. The molecule has 1 aliphatic heterocycles. The van der Waals surface area contributed by atoms with E-state index in [9.17, 15) is 4.79 Å². The Bertz CT molecular complexity index is 443. The van der Waals surface area contributed by atoms with Crippen LogP contribution in [0.4, 0.5) is 0 Å². The highest BCUT2D eigenvalue weighted by molar-refractivity contribution is 7.80. The molecule has 0 aromatic rings. The van der Waals surface area contributed by atoms with Gasteiger partial charge in [-0.25, -0.2) is 0 Å². The van der Waals surface area contributed by atoms with E-state index in [0.717, 1.165) is 38.5 Å². The molecule has 2 saturated carbocycles. The maximum atomic E-state index is 12.7. The lowest BCUT2D eigenvalue weighted by atomic mass is 9.87. The topological polar surface area (TPSA) is 49.6 Å². The number of hydrogen-bond donors (Lipinski definition) is 1. The number of piperazine rings is 1. The number of rotatable bonds is 3. The van der Waals surface area contributed by atoms with Crippen molar-refractivity contribution in [2.45, 2.75) is 45.1 Å². The minimum absolute atomic E-state index is 0.253. The molecule has 21 heavy (non-hydrogen) atoms. The molecule has 3 aliphatic rings. The van der Waals surface area contributed by atoms with Crippen LogP contribution in [-0.2, 0) is 4.79 Å². The van der Waals surface area contributed by atoms with Gasteiger partial charge in [-0.1, -0.05) is 18.6 Å². The molecule has 0 aromatic carbocycles. The van der Waals surface area contributed by atoms with Crippen molar-refractivity contribution >= 4 is 23.1 Å². The zero-order chi connectivity index (χ0) is 15.2. The number of fused-ring (bicyclic) bond motifs is 2. The van der Waals surface area contributed by atoms with Gasteiger partial charge in [0.25, 0.3) is 0 Å². The molecule has 0 radical (unpaired) electrons. The number of carbonyl (C=O) groups excluding carboxylic acids is 1. The Labute approximate surface area is 133 Å². The van der Waals surface area contributed by atoms with Crippen LogP contribution >= 0.6 is 12.2 Å². The Morgan fingerprint density at radius 2 is 1.81 bits per heavy atom. The summed E-state index contributed by atoms with van der Waals surface area (Å²) in [5, 5.41) is 0. The van der Waals surface area contributed by atoms with E-state index in [1.54, 1.807) is 0 Å². The summed E-state index contributed by atoms with van der Waals surface area (Å²) >= 11 is 5.17. The minimum Gasteiger partial charge on any atom is -0.392 e. The van der Waals surface area contributed by atoms with Gasteiger partial charge in [0.2, 0.25) is 5.91 Å². The van der Waals surface area contributed by atoms with Crippen molar-refractivity contribution in [3.8, 4) is 0 Å². The third-order valence-corrected chi connectivity index (χ3v) is 6.54. The van der Waals surface area contributed by atoms with Gasteiger partial charge in [0.1, 0.15) is 0 Å². The van der Waals surface area contributed by atoms with Crippen molar-refractivity contribution in [1.29, 1.82) is 0 Å². The third-order valence-electron chi connectivity index (χ3n) is 6.04. The fraction of sp³-hybridized carbons (Fsp3) is 0.875. The number of amides is 1. The van der Waals surface area contributed by atoms with Gasteiger partial charge in [-0.2, -0.15) is 0 Å². The van der Waals surface area contributed by atoms with Gasteiger partial charge in [0.05, 0.1) is 10.5 Å². The number of thiocarbonyl (C=S) groups is 1. The quantitative estimate of drug-likeness (QED) is 0.805. The van der Waals surface area contributed by atoms with E-state index in [2.05, 4.69) is 23.6 Å². The van der Waals surface area contributed by atoms with Crippen LogP contribution in [0.15, 0.2) is 0 Å². The predicted molar refractivity (Wildman–Crippen MR) is 88.0 cm³/mol. The molecule has 3 fully saturated rings. The molecule has 2 aliphatic carbocycles. The van der Waals surface area contributed by atoms with Crippen LogP contribution in [0.3, 0.4) is 0 Å². The summed E-state index contributed by atoms with van der Waals surface area (Å²) in [5.41, 5.74) is 5.59. The number of nitrogens with zero attached hydrogens (tertiary/aromatic N) is 2. The van der Waals surface area contributed by atoms with E-state index < -0.39 is 0 Å². The summed E-state index contributed by atoms with van der Waals surface area (Å²) in [6.07, 6.45) is 5.06. The summed E-state index contributed by atoms with van der Waals surface area (Å²) in [7, 11) is 0. The van der Waals surface area contributed by atoms with Crippen molar-refractivity contribution in [2.75, 3.05) is 26.2 Å². The molecule has 1 saturated heterocycles. The molecular weight excluding hydrogens is 282 g/mol. The van der Waals surface area contributed by atoms with Crippen molar-refractivity contribution in [3.63, 3.8) is 0 Å². The van der Waals surface area contributed by atoms with Crippen LogP contribution < -0.4 is 5.73 Å². The SMILES string of the molecule is CC(C)(C(N)=S)N1CCN(C(=O)C2CC3CCC2C3)CC1. The van der Waals surface area contributed by atoms with Gasteiger partial charge >= 0.3 is 0 Å². The lowest BCUT2D eigenvalue weighted by Gasteiger charge is -2.44. The Kier molecular flexibility index (Phi) is 3.99. The number of nitrogens with two attached hydrogens (primary N) is 1. The van der Waals surface area contributed by atoms with E-state index in [4.69, 9.17) is 18.0 Å². The maximum Gasteiger partial charge on any atom is 0.226 e. The normalized spacial score (nSPS) is 33.4. The van der Waals surface area contributed by atoms with Crippen LogP contribution in [0.5, 0.6) is 0 Å². The van der Waals surface area contributed by atoms with Crippen molar-refractivity contribution < 1.29 is 4.79 Å². The van der Waals surface area contributed by atoms with Crippen molar-refractivity contribution in [3.05, 3.63) is 0 Å². The molecule has 118 valence electrons. The molecular formula is C16H27N3OS.